The lowest BCUT2D eigenvalue weighted by Gasteiger charge is -2.21. The molecule has 0 aromatic heterocycles. The molecule has 1 aliphatic carbocycles. The van der Waals surface area contributed by atoms with Gasteiger partial charge in [-0.1, -0.05) is 33.6 Å². The number of aliphatic hydroxyl groups excluding tert-OH is 1. The molecule has 0 saturated heterocycles. The third-order valence-electron chi connectivity index (χ3n) is 3.20. The molecule has 86 valence electrons. The van der Waals surface area contributed by atoms with E-state index in [-0.39, 0.29) is 0 Å². The Balaban J connectivity index is 2.44. The first-order valence-corrected chi connectivity index (χ1v) is 5.94. The monoisotopic (exact) mass is 284 g/mol. The summed E-state index contributed by atoms with van der Waals surface area (Å²) in [6.07, 6.45) is 0.135. The van der Waals surface area contributed by atoms with Crippen molar-refractivity contribution < 1.29 is 15.0 Å². The van der Waals surface area contributed by atoms with Gasteiger partial charge in [0, 0.05) is 9.89 Å². The summed E-state index contributed by atoms with van der Waals surface area (Å²) >= 11 is 3.42. The summed E-state index contributed by atoms with van der Waals surface area (Å²) in [7, 11) is 0. The second kappa shape index (κ2) is 3.86. The van der Waals surface area contributed by atoms with E-state index in [9.17, 15) is 9.90 Å². The Labute approximate surface area is 102 Å². The molecule has 0 spiro atoms. The standard InChI is InChI=1S/C12H13BrO3/c1-7-2-3-9(13)8(6-7)12(4-5-12)10(14)11(15)16/h2-3,6,10,14H,4-5H2,1H3,(H,15,16). The normalized spacial score (nSPS) is 19.2. The maximum absolute atomic E-state index is 10.9. The molecule has 4 heteroatoms. The van der Waals surface area contributed by atoms with Crippen molar-refractivity contribution in [2.24, 2.45) is 0 Å². The Morgan fingerprint density at radius 3 is 2.62 bits per heavy atom. The molecule has 1 saturated carbocycles. The number of hydrogen-bond donors (Lipinski definition) is 2. The molecular weight excluding hydrogens is 272 g/mol. The molecule has 0 radical (unpaired) electrons. The largest absolute Gasteiger partial charge is 0.479 e. The van der Waals surface area contributed by atoms with Crippen LogP contribution in [0.25, 0.3) is 0 Å². The first kappa shape index (κ1) is 11.6. The van der Waals surface area contributed by atoms with Crippen molar-refractivity contribution in [3.63, 3.8) is 0 Å². The summed E-state index contributed by atoms with van der Waals surface area (Å²) in [4.78, 5) is 10.9. The Morgan fingerprint density at radius 1 is 1.50 bits per heavy atom. The quantitative estimate of drug-likeness (QED) is 0.895. The highest BCUT2D eigenvalue weighted by Crippen LogP contribution is 2.53. The van der Waals surface area contributed by atoms with Crippen LogP contribution in [0.1, 0.15) is 24.0 Å². The topological polar surface area (TPSA) is 57.5 Å². The van der Waals surface area contributed by atoms with E-state index in [0.717, 1.165) is 28.4 Å². The van der Waals surface area contributed by atoms with Crippen LogP contribution < -0.4 is 0 Å². The van der Waals surface area contributed by atoms with Crippen LogP contribution in [0.2, 0.25) is 0 Å². The highest BCUT2D eigenvalue weighted by Gasteiger charge is 2.54. The fraction of sp³-hybridized carbons (Fsp3) is 0.417. The maximum atomic E-state index is 10.9. The molecule has 3 nitrogen and oxygen atoms in total. The van der Waals surface area contributed by atoms with E-state index in [1.807, 2.05) is 25.1 Å². The van der Waals surface area contributed by atoms with Crippen molar-refractivity contribution >= 4 is 21.9 Å². The van der Waals surface area contributed by atoms with Gasteiger partial charge < -0.3 is 10.2 Å². The van der Waals surface area contributed by atoms with Gasteiger partial charge in [-0.2, -0.15) is 0 Å². The molecular formula is C12H13BrO3. The number of rotatable bonds is 3. The fourth-order valence-corrected chi connectivity index (χ4v) is 2.72. The molecule has 2 N–H and O–H groups in total. The zero-order valence-electron chi connectivity index (χ0n) is 8.90. The van der Waals surface area contributed by atoms with Crippen molar-refractivity contribution in [1.29, 1.82) is 0 Å². The van der Waals surface area contributed by atoms with E-state index >= 15 is 0 Å². The van der Waals surface area contributed by atoms with Crippen LogP contribution >= 0.6 is 15.9 Å². The van der Waals surface area contributed by atoms with E-state index in [1.165, 1.54) is 0 Å². The summed E-state index contributed by atoms with van der Waals surface area (Å²) in [6.45, 7) is 1.96. The van der Waals surface area contributed by atoms with Gasteiger partial charge in [-0.3, -0.25) is 0 Å². The first-order valence-electron chi connectivity index (χ1n) is 5.15. The number of benzene rings is 1. The van der Waals surface area contributed by atoms with Gasteiger partial charge >= 0.3 is 5.97 Å². The smallest absolute Gasteiger partial charge is 0.333 e. The summed E-state index contributed by atoms with van der Waals surface area (Å²) in [5.74, 6) is -1.15. The Kier molecular flexibility index (Phi) is 2.80. The minimum atomic E-state index is -1.31. The van der Waals surface area contributed by atoms with E-state index in [1.54, 1.807) is 0 Å². The average Bonchev–Trinajstić information content (AvgIpc) is 3.01. The van der Waals surface area contributed by atoms with E-state index in [4.69, 9.17) is 5.11 Å². The number of aryl methyl sites for hydroxylation is 1. The molecule has 0 heterocycles. The van der Waals surface area contributed by atoms with Gasteiger partial charge in [-0.15, -0.1) is 0 Å². The predicted octanol–water partition coefficient (Wildman–Crippen LogP) is 2.23. The number of aliphatic hydroxyl groups is 1. The summed E-state index contributed by atoms with van der Waals surface area (Å²) < 4.78 is 0.871. The van der Waals surface area contributed by atoms with Gasteiger partial charge in [0.1, 0.15) is 0 Å². The van der Waals surface area contributed by atoms with Crippen LogP contribution in [0.3, 0.4) is 0 Å². The molecule has 1 atom stereocenters. The summed E-state index contributed by atoms with van der Waals surface area (Å²) in [6, 6.07) is 5.80. The summed E-state index contributed by atoms with van der Waals surface area (Å²) in [5.41, 5.74) is 1.39. The Morgan fingerprint density at radius 2 is 2.12 bits per heavy atom. The fourth-order valence-electron chi connectivity index (χ4n) is 2.08. The third-order valence-corrected chi connectivity index (χ3v) is 3.90. The van der Waals surface area contributed by atoms with Crippen molar-refractivity contribution in [3.8, 4) is 0 Å². The van der Waals surface area contributed by atoms with Gasteiger partial charge in [-0.05, 0) is 31.4 Å². The second-order valence-corrected chi connectivity index (χ2v) is 5.23. The van der Waals surface area contributed by atoms with E-state index < -0.39 is 17.5 Å². The second-order valence-electron chi connectivity index (χ2n) is 4.38. The van der Waals surface area contributed by atoms with E-state index in [0.29, 0.717) is 0 Å². The number of hydrogen-bond acceptors (Lipinski definition) is 2. The number of halogens is 1. The van der Waals surface area contributed by atoms with Crippen LogP contribution in [0.15, 0.2) is 22.7 Å². The lowest BCUT2D eigenvalue weighted by atomic mass is 9.89. The zero-order chi connectivity index (χ0) is 11.9. The van der Waals surface area contributed by atoms with Gasteiger partial charge in [0.05, 0.1) is 0 Å². The zero-order valence-corrected chi connectivity index (χ0v) is 10.5. The number of carboxylic acid groups (broad SMARTS) is 1. The SMILES string of the molecule is Cc1ccc(Br)c(C2(C(O)C(=O)O)CC2)c1. The van der Waals surface area contributed by atoms with Gasteiger partial charge in [0.15, 0.2) is 6.10 Å². The van der Waals surface area contributed by atoms with Crippen LogP contribution in [-0.4, -0.2) is 22.3 Å². The molecule has 0 bridgehead atoms. The maximum Gasteiger partial charge on any atom is 0.333 e. The molecule has 0 amide bonds. The molecule has 0 aliphatic heterocycles. The van der Waals surface area contributed by atoms with Gasteiger partial charge in [-0.25, -0.2) is 4.79 Å². The molecule has 1 aromatic rings. The lowest BCUT2D eigenvalue weighted by Crippen LogP contribution is -2.34. The van der Waals surface area contributed by atoms with Crippen LogP contribution in [0.5, 0.6) is 0 Å². The molecule has 1 unspecified atom stereocenters. The van der Waals surface area contributed by atoms with Gasteiger partial charge in [0.25, 0.3) is 0 Å². The average molecular weight is 285 g/mol. The van der Waals surface area contributed by atoms with Crippen molar-refractivity contribution in [2.75, 3.05) is 0 Å². The highest BCUT2D eigenvalue weighted by atomic mass is 79.9. The number of aliphatic carboxylic acids is 1. The molecule has 1 aliphatic rings. The lowest BCUT2D eigenvalue weighted by molar-refractivity contribution is -0.148. The Hall–Kier alpha value is -0.870. The van der Waals surface area contributed by atoms with Crippen LogP contribution in [0, 0.1) is 6.92 Å². The van der Waals surface area contributed by atoms with E-state index in [2.05, 4.69) is 15.9 Å². The van der Waals surface area contributed by atoms with Crippen molar-refractivity contribution in [2.45, 2.75) is 31.3 Å². The third kappa shape index (κ3) is 1.76. The molecule has 16 heavy (non-hydrogen) atoms. The van der Waals surface area contributed by atoms with Crippen LogP contribution in [-0.2, 0) is 10.2 Å². The van der Waals surface area contributed by atoms with Crippen molar-refractivity contribution in [3.05, 3.63) is 33.8 Å². The predicted molar refractivity (Wildman–Crippen MR) is 63.4 cm³/mol. The molecule has 1 aromatic carbocycles. The number of carboxylic acids is 1. The minimum absolute atomic E-state index is 0.587. The first-order chi connectivity index (χ1) is 7.47. The van der Waals surface area contributed by atoms with Crippen LogP contribution in [0.4, 0.5) is 0 Å². The summed E-state index contributed by atoms with van der Waals surface area (Å²) in [5, 5.41) is 18.7. The molecule has 1 fully saturated rings. The van der Waals surface area contributed by atoms with Crippen molar-refractivity contribution in [1.82, 2.24) is 0 Å². The number of carbonyl (C=O) groups is 1. The molecule has 2 rings (SSSR count). The van der Waals surface area contributed by atoms with Gasteiger partial charge in [0.2, 0.25) is 0 Å². The highest BCUT2D eigenvalue weighted by molar-refractivity contribution is 9.10. The Bertz CT molecular complexity index is 438. The minimum Gasteiger partial charge on any atom is -0.479 e.